The van der Waals surface area contributed by atoms with E-state index in [-0.39, 0.29) is 18.4 Å². The molecule has 0 aliphatic carbocycles. The lowest BCUT2D eigenvalue weighted by atomic mass is 10.3. The van der Waals surface area contributed by atoms with Crippen molar-refractivity contribution in [3.8, 4) is 0 Å². The van der Waals surface area contributed by atoms with Crippen LogP contribution in [0.4, 0.5) is 0 Å². The zero-order valence-electron chi connectivity index (χ0n) is 6.79. The lowest BCUT2D eigenvalue weighted by Gasteiger charge is -1.99. The Bertz CT molecular complexity index is 145. The number of halogens is 1. The topological polar surface area (TPSA) is 52.3 Å². The molecule has 0 atom stereocenters. The molecule has 0 aromatic carbocycles. The molecular weight excluding hydrogens is 166 g/mol. The van der Waals surface area contributed by atoms with E-state index < -0.39 is 0 Å². The van der Waals surface area contributed by atoms with Gasteiger partial charge >= 0.3 is 5.97 Å². The molecule has 0 bridgehead atoms. The van der Waals surface area contributed by atoms with Gasteiger partial charge in [0.25, 0.3) is 0 Å². The van der Waals surface area contributed by atoms with Gasteiger partial charge in [0.05, 0.1) is 6.61 Å². The molecule has 2 N–H and O–H groups in total. The van der Waals surface area contributed by atoms with Gasteiger partial charge < -0.3 is 10.5 Å². The molecule has 0 saturated carbocycles. The zero-order valence-corrected chi connectivity index (χ0v) is 7.61. The van der Waals surface area contributed by atoms with Crippen molar-refractivity contribution in [2.45, 2.75) is 13.8 Å². The largest absolute Gasteiger partial charge is 0.463 e. The Morgan fingerprint density at radius 3 is 2.55 bits per heavy atom. The maximum absolute atomic E-state index is 10.8. The van der Waals surface area contributed by atoms with Crippen LogP contribution in [0.15, 0.2) is 11.6 Å². The minimum absolute atomic E-state index is 0. The van der Waals surface area contributed by atoms with Crippen molar-refractivity contribution in [3.63, 3.8) is 0 Å². The molecule has 3 nitrogen and oxygen atoms in total. The van der Waals surface area contributed by atoms with Crippen LogP contribution < -0.4 is 5.73 Å². The molecule has 0 unspecified atom stereocenters. The number of nitrogens with two attached hydrogens (primary N) is 1. The second-order valence-corrected chi connectivity index (χ2v) is 1.84. The third-order valence-corrected chi connectivity index (χ3v) is 1.02. The van der Waals surface area contributed by atoms with Gasteiger partial charge in [0.2, 0.25) is 0 Å². The number of carbonyl (C=O) groups excluding carboxylic acids is 1. The van der Waals surface area contributed by atoms with Crippen LogP contribution in [0.5, 0.6) is 0 Å². The van der Waals surface area contributed by atoms with Gasteiger partial charge in [-0.1, -0.05) is 6.08 Å². The summed E-state index contributed by atoms with van der Waals surface area (Å²) in [6, 6.07) is 0. The number of esters is 1. The van der Waals surface area contributed by atoms with Gasteiger partial charge in [0.15, 0.2) is 0 Å². The van der Waals surface area contributed by atoms with E-state index in [1.165, 1.54) is 0 Å². The van der Waals surface area contributed by atoms with E-state index in [0.717, 1.165) is 0 Å². The monoisotopic (exact) mass is 179 g/mol. The van der Waals surface area contributed by atoms with Crippen LogP contribution in [-0.2, 0) is 9.53 Å². The Kier molecular flexibility index (Phi) is 9.00. The lowest BCUT2D eigenvalue weighted by molar-refractivity contribution is -0.138. The van der Waals surface area contributed by atoms with E-state index in [1.54, 1.807) is 19.9 Å². The average molecular weight is 180 g/mol. The molecule has 0 radical (unpaired) electrons. The van der Waals surface area contributed by atoms with Crippen molar-refractivity contribution in [3.05, 3.63) is 11.6 Å². The summed E-state index contributed by atoms with van der Waals surface area (Å²) in [5.41, 5.74) is 5.75. The van der Waals surface area contributed by atoms with Crippen LogP contribution >= 0.6 is 12.4 Å². The number of carbonyl (C=O) groups is 1. The average Bonchev–Trinajstić information content (AvgIpc) is 1.89. The third kappa shape index (κ3) is 5.88. The molecular formula is C7H14ClNO2. The van der Waals surface area contributed by atoms with E-state index >= 15 is 0 Å². The Morgan fingerprint density at radius 2 is 2.18 bits per heavy atom. The molecule has 0 aliphatic rings. The highest BCUT2D eigenvalue weighted by Gasteiger charge is 2.01. The molecule has 11 heavy (non-hydrogen) atoms. The summed E-state index contributed by atoms with van der Waals surface area (Å²) in [6.07, 6.45) is 1.64. The third-order valence-electron chi connectivity index (χ3n) is 1.02. The second kappa shape index (κ2) is 7.57. The van der Waals surface area contributed by atoms with Crippen LogP contribution in [0.3, 0.4) is 0 Å². The first-order chi connectivity index (χ1) is 4.72. The first-order valence-electron chi connectivity index (χ1n) is 3.26. The molecule has 0 aromatic heterocycles. The number of rotatable bonds is 3. The van der Waals surface area contributed by atoms with Crippen molar-refractivity contribution in [2.75, 3.05) is 13.2 Å². The lowest BCUT2D eigenvalue weighted by Crippen LogP contribution is -2.07. The molecule has 0 aliphatic heterocycles. The van der Waals surface area contributed by atoms with Gasteiger partial charge in [-0.2, -0.15) is 0 Å². The van der Waals surface area contributed by atoms with E-state index in [0.29, 0.717) is 18.7 Å². The molecule has 0 rings (SSSR count). The molecule has 0 heterocycles. The van der Waals surface area contributed by atoms with Crippen LogP contribution in [0, 0.1) is 0 Å². The fourth-order valence-electron chi connectivity index (χ4n) is 0.505. The standard InChI is InChI=1S/C7H13NO2.ClH/c1-3-10-7(9)6(2)4-5-8;/h4H,3,5,8H2,1-2H3;1H. The Hall–Kier alpha value is -0.540. The fourth-order valence-corrected chi connectivity index (χ4v) is 0.505. The molecule has 0 amide bonds. The van der Waals surface area contributed by atoms with Crippen molar-refractivity contribution in [2.24, 2.45) is 5.73 Å². The van der Waals surface area contributed by atoms with Crippen LogP contribution in [0.2, 0.25) is 0 Å². The first-order valence-corrected chi connectivity index (χ1v) is 3.26. The van der Waals surface area contributed by atoms with Gasteiger partial charge in [0.1, 0.15) is 0 Å². The SMILES string of the molecule is CCOC(=O)C(C)=CCN.Cl. The molecule has 4 heteroatoms. The summed E-state index contributed by atoms with van der Waals surface area (Å²) >= 11 is 0. The summed E-state index contributed by atoms with van der Waals surface area (Å²) < 4.78 is 4.69. The quantitative estimate of drug-likeness (QED) is 0.517. The van der Waals surface area contributed by atoms with Gasteiger partial charge in [-0.15, -0.1) is 12.4 Å². The summed E-state index contributed by atoms with van der Waals surface area (Å²) in [4.78, 5) is 10.8. The van der Waals surface area contributed by atoms with Gasteiger partial charge in [-0.3, -0.25) is 0 Å². The van der Waals surface area contributed by atoms with Crippen LogP contribution in [0.1, 0.15) is 13.8 Å². The Balaban J connectivity index is 0. The van der Waals surface area contributed by atoms with Crippen molar-refractivity contribution >= 4 is 18.4 Å². The molecule has 0 aromatic rings. The number of hydrogen-bond donors (Lipinski definition) is 1. The van der Waals surface area contributed by atoms with Crippen molar-refractivity contribution in [1.82, 2.24) is 0 Å². The zero-order chi connectivity index (χ0) is 7.98. The highest BCUT2D eigenvalue weighted by molar-refractivity contribution is 5.87. The maximum Gasteiger partial charge on any atom is 0.333 e. The number of ether oxygens (including phenoxy) is 1. The predicted molar refractivity (Wildman–Crippen MR) is 46.7 cm³/mol. The van der Waals surface area contributed by atoms with Crippen LogP contribution in [0.25, 0.3) is 0 Å². The summed E-state index contributed by atoms with van der Waals surface area (Å²) in [5.74, 6) is -0.284. The highest BCUT2D eigenvalue weighted by Crippen LogP contribution is 1.94. The predicted octanol–water partition coefficient (Wildman–Crippen LogP) is 0.876. The van der Waals surface area contributed by atoms with E-state index in [1.807, 2.05) is 0 Å². The second-order valence-electron chi connectivity index (χ2n) is 1.84. The highest BCUT2D eigenvalue weighted by atomic mass is 35.5. The normalized spacial score (nSPS) is 10.3. The van der Waals surface area contributed by atoms with Gasteiger partial charge in [-0.05, 0) is 13.8 Å². The summed E-state index contributed by atoms with van der Waals surface area (Å²) in [6.45, 7) is 4.25. The van der Waals surface area contributed by atoms with Crippen molar-refractivity contribution in [1.29, 1.82) is 0 Å². The first kappa shape index (κ1) is 13.1. The smallest absolute Gasteiger partial charge is 0.333 e. The fraction of sp³-hybridized carbons (Fsp3) is 0.571. The van der Waals surface area contributed by atoms with E-state index in [9.17, 15) is 4.79 Å². The van der Waals surface area contributed by atoms with E-state index in [2.05, 4.69) is 0 Å². The molecule has 0 fully saturated rings. The molecule has 66 valence electrons. The van der Waals surface area contributed by atoms with Crippen LogP contribution in [-0.4, -0.2) is 19.1 Å². The Labute approximate surface area is 73.0 Å². The minimum Gasteiger partial charge on any atom is -0.463 e. The maximum atomic E-state index is 10.8. The molecule has 0 spiro atoms. The summed E-state index contributed by atoms with van der Waals surface area (Å²) in [7, 11) is 0. The minimum atomic E-state index is -0.284. The number of hydrogen-bond acceptors (Lipinski definition) is 3. The van der Waals surface area contributed by atoms with Gasteiger partial charge in [-0.25, -0.2) is 4.79 Å². The van der Waals surface area contributed by atoms with Gasteiger partial charge in [0, 0.05) is 12.1 Å². The molecule has 0 saturated heterocycles. The van der Waals surface area contributed by atoms with E-state index in [4.69, 9.17) is 10.5 Å². The van der Waals surface area contributed by atoms with Crippen molar-refractivity contribution < 1.29 is 9.53 Å². The summed E-state index contributed by atoms with van der Waals surface area (Å²) in [5, 5.41) is 0. The Morgan fingerprint density at radius 1 is 1.64 bits per heavy atom.